The number of anilines is 2. The van der Waals surface area contributed by atoms with Crippen molar-refractivity contribution in [2.24, 2.45) is 10.7 Å². The quantitative estimate of drug-likeness (QED) is 0.662. The Labute approximate surface area is 147 Å². The molecule has 1 heterocycles. The highest BCUT2D eigenvalue weighted by Crippen LogP contribution is 2.22. The van der Waals surface area contributed by atoms with E-state index in [2.05, 4.69) is 10.3 Å². The summed E-state index contributed by atoms with van der Waals surface area (Å²) in [4.78, 5) is 6.28. The molecule has 0 amide bonds. The second-order valence-electron chi connectivity index (χ2n) is 6.08. The maximum atomic E-state index is 14.4. The third kappa shape index (κ3) is 4.70. The Morgan fingerprint density at radius 1 is 1.20 bits per heavy atom. The van der Waals surface area contributed by atoms with E-state index >= 15 is 0 Å². The van der Waals surface area contributed by atoms with E-state index in [0.717, 1.165) is 11.3 Å². The smallest absolute Gasteiger partial charge is 0.193 e. The van der Waals surface area contributed by atoms with E-state index in [1.165, 1.54) is 11.6 Å². The fourth-order valence-electron chi connectivity index (χ4n) is 2.71. The van der Waals surface area contributed by atoms with Gasteiger partial charge in [0.1, 0.15) is 5.82 Å². The molecule has 132 valence electrons. The Morgan fingerprint density at radius 2 is 1.92 bits per heavy atom. The highest BCUT2D eigenvalue weighted by Gasteiger charge is 2.15. The molecule has 0 spiro atoms. The Morgan fingerprint density at radius 3 is 2.60 bits per heavy atom. The molecule has 0 bridgehead atoms. The van der Waals surface area contributed by atoms with Gasteiger partial charge in [-0.2, -0.15) is 0 Å². The fraction of sp³-hybridized carbons (Fsp3) is 0.316. The predicted molar refractivity (Wildman–Crippen MR) is 99.6 cm³/mol. The SMILES string of the molecule is Cc1ccc(NC(N)=NCc2ccc(N3CCOCC3)c(F)c2)cc1. The number of morpholine rings is 1. The van der Waals surface area contributed by atoms with Crippen molar-refractivity contribution in [1.29, 1.82) is 0 Å². The summed E-state index contributed by atoms with van der Waals surface area (Å²) in [5.41, 5.74) is 9.35. The van der Waals surface area contributed by atoms with Crippen molar-refractivity contribution in [3.63, 3.8) is 0 Å². The van der Waals surface area contributed by atoms with Crippen LogP contribution in [0.15, 0.2) is 47.5 Å². The molecule has 2 aromatic rings. The molecule has 0 saturated carbocycles. The number of benzene rings is 2. The molecule has 3 rings (SSSR count). The van der Waals surface area contributed by atoms with Gasteiger partial charge in [-0.3, -0.25) is 0 Å². The van der Waals surface area contributed by atoms with Gasteiger partial charge < -0.3 is 20.7 Å². The van der Waals surface area contributed by atoms with Gasteiger partial charge in [0.25, 0.3) is 0 Å². The minimum Gasteiger partial charge on any atom is -0.378 e. The van der Waals surface area contributed by atoms with Crippen LogP contribution in [0, 0.1) is 12.7 Å². The average Bonchev–Trinajstić information content (AvgIpc) is 2.63. The summed E-state index contributed by atoms with van der Waals surface area (Å²) in [5, 5.41) is 3.03. The molecule has 0 aromatic heterocycles. The summed E-state index contributed by atoms with van der Waals surface area (Å²) in [6.07, 6.45) is 0. The van der Waals surface area contributed by atoms with Crippen LogP contribution >= 0.6 is 0 Å². The Hall–Kier alpha value is -2.60. The van der Waals surface area contributed by atoms with Gasteiger partial charge in [-0.05, 0) is 36.8 Å². The number of aryl methyl sites for hydroxylation is 1. The molecule has 3 N–H and O–H groups in total. The number of nitrogens with one attached hydrogen (secondary N) is 1. The highest BCUT2D eigenvalue weighted by atomic mass is 19.1. The van der Waals surface area contributed by atoms with Gasteiger partial charge in [0.15, 0.2) is 5.96 Å². The van der Waals surface area contributed by atoms with Crippen molar-refractivity contribution in [3.8, 4) is 0 Å². The number of nitrogens with two attached hydrogens (primary N) is 1. The Kier molecular flexibility index (Phi) is 5.50. The summed E-state index contributed by atoms with van der Waals surface area (Å²) in [5.74, 6) is 0.0705. The van der Waals surface area contributed by atoms with Gasteiger partial charge in [0.05, 0.1) is 25.4 Å². The molecule has 5 nitrogen and oxygen atoms in total. The topological polar surface area (TPSA) is 62.9 Å². The molecular formula is C19H23FN4O. The van der Waals surface area contributed by atoms with Crippen LogP contribution in [-0.2, 0) is 11.3 Å². The zero-order valence-corrected chi connectivity index (χ0v) is 14.3. The van der Waals surface area contributed by atoms with Gasteiger partial charge in [-0.15, -0.1) is 0 Å². The number of guanidine groups is 1. The van der Waals surface area contributed by atoms with Crippen LogP contribution in [0.25, 0.3) is 0 Å². The predicted octanol–water partition coefficient (Wildman–Crippen LogP) is 2.90. The van der Waals surface area contributed by atoms with Crippen LogP contribution in [0.3, 0.4) is 0 Å². The van der Waals surface area contributed by atoms with E-state index in [1.54, 1.807) is 6.07 Å². The van der Waals surface area contributed by atoms with Crippen LogP contribution in [-0.4, -0.2) is 32.3 Å². The van der Waals surface area contributed by atoms with E-state index in [-0.39, 0.29) is 5.82 Å². The van der Waals surface area contributed by atoms with Crippen LogP contribution < -0.4 is 16.0 Å². The molecule has 1 aliphatic rings. The molecule has 0 unspecified atom stereocenters. The molecule has 6 heteroatoms. The lowest BCUT2D eigenvalue weighted by molar-refractivity contribution is 0.122. The maximum absolute atomic E-state index is 14.4. The van der Waals surface area contributed by atoms with Crippen LogP contribution in [0.4, 0.5) is 15.8 Å². The standard InChI is InChI=1S/C19H23FN4O/c1-14-2-5-16(6-3-14)23-19(21)22-13-15-4-7-18(17(20)12-15)24-8-10-25-11-9-24/h2-7,12H,8-11,13H2,1H3,(H3,21,22,23). The molecule has 0 radical (unpaired) electrons. The maximum Gasteiger partial charge on any atom is 0.193 e. The van der Waals surface area contributed by atoms with Crippen molar-refractivity contribution < 1.29 is 9.13 Å². The summed E-state index contributed by atoms with van der Waals surface area (Å²) in [6.45, 7) is 5.03. The van der Waals surface area contributed by atoms with Crippen molar-refractivity contribution in [3.05, 3.63) is 59.4 Å². The first-order chi connectivity index (χ1) is 12.1. The van der Waals surface area contributed by atoms with Crippen molar-refractivity contribution in [2.75, 3.05) is 36.5 Å². The van der Waals surface area contributed by atoms with Crippen LogP contribution in [0.2, 0.25) is 0 Å². The third-order valence-corrected chi connectivity index (χ3v) is 4.12. The summed E-state index contributed by atoms with van der Waals surface area (Å²) in [6, 6.07) is 13.1. The van der Waals surface area contributed by atoms with E-state index in [1.807, 2.05) is 42.2 Å². The lowest BCUT2D eigenvalue weighted by Gasteiger charge is -2.29. The fourth-order valence-corrected chi connectivity index (χ4v) is 2.71. The molecular weight excluding hydrogens is 319 g/mol. The third-order valence-electron chi connectivity index (χ3n) is 4.12. The molecule has 25 heavy (non-hydrogen) atoms. The molecule has 1 aliphatic heterocycles. The molecule has 1 saturated heterocycles. The van der Waals surface area contributed by atoms with E-state index in [4.69, 9.17) is 10.5 Å². The van der Waals surface area contributed by atoms with Gasteiger partial charge in [-0.1, -0.05) is 23.8 Å². The molecule has 0 atom stereocenters. The van der Waals surface area contributed by atoms with Crippen molar-refractivity contribution >= 4 is 17.3 Å². The van der Waals surface area contributed by atoms with Crippen LogP contribution in [0.5, 0.6) is 0 Å². The summed E-state index contributed by atoms with van der Waals surface area (Å²) >= 11 is 0. The second kappa shape index (κ2) is 7.98. The lowest BCUT2D eigenvalue weighted by Crippen LogP contribution is -2.36. The van der Waals surface area contributed by atoms with Crippen LogP contribution in [0.1, 0.15) is 11.1 Å². The zero-order chi connectivity index (χ0) is 17.6. The average molecular weight is 342 g/mol. The van der Waals surface area contributed by atoms with Gasteiger partial charge >= 0.3 is 0 Å². The Bertz CT molecular complexity index is 740. The number of hydrogen-bond acceptors (Lipinski definition) is 3. The number of halogens is 1. The van der Waals surface area contributed by atoms with E-state index in [0.29, 0.717) is 44.5 Å². The normalized spacial score (nSPS) is 15.3. The van der Waals surface area contributed by atoms with E-state index in [9.17, 15) is 4.39 Å². The first-order valence-electron chi connectivity index (χ1n) is 8.36. The first-order valence-corrected chi connectivity index (χ1v) is 8.36. The molecule has 2 aromatic carbocycles. The first kappa shape index (κ1) is 17.2. The molecule has 1 fully saturated rings. The minimum absolute atomic E-state index is 0.236. The van der Waals surface area contributed by atoms with Gasteiger partial charge in [0, 0.05) is 18.8 Å². The highest BCUT2D eigenvalue weighted by molar-refractivity contribution is 5.92. The largest absolute Gasteiger partial charge is 0.378 e. The number of nitrogens with zero attached hydrogens (tertiary/aromatic N) is 2. The van der Waals surface area contributed by atoms with E-state index < -0.39 is 0 Å². The van der Waals surface area contributed by atoms with Crippen molar-refractivity contribution in [2.45, 2.75) is 13.5 Å². The summed E-state index contributed by atoms with van der Waals surface area (Å²) < 4.78 is 19.7. The minimum atomic E-state index is -0.236. The van der Waals surface area contributed by atoms with Gasteiger partial charge in [0.2, 0.25) is 0 Å². The van der Waals surface area contributed by atoms with Gasteiger partial charge in [-0.25, -0.2) is 9.38 Å². The molecule has 0 aliphatic carbocycles. The number of ether oxygens (including phenoxy) is 1. The Balaban J connectivity index is 1.62. The summed E-state index contributed by atoms with van der Waals surface area (Å²) in [7, 11) is 0. The monoisotopic (exact) mass is 342 g/mol. The zero-order valence-electron chi connectivity index (χ0n) is 14.3. The lowest BCUT2D eigenvalue weighted by atomic mass is 10.1. The number of aliphatic imine (C=N–C) groups is 1. The number of rotatable bonds is 4. The second-order valence-corrected chi connectivity index (χ2v) is 6.08. The van der Waals surface area contributed by atoms with Crippen molar-refractivity contribution in [1.82, 2.24) is 0 Å². The number of hydrogen-bond donors (Lipinski definition) is 2.